The van der Waals surface area contributed by atoms with E-state index in [9.17, 15) is 0 Å². The van der Waals surface area contributed by atoms with Gasteiger partial charge in [0.25, 0.3) is 0 Å². The van der Waals surface area contributed by atoms with Gasteiger partial charge in [-0.25, -0.2) is 0 Å². The van der Waals surface area contributed by atoms with Crippen LogP contribution in [0, 0.1) is 5.92 Å². The molecular formula is C9H15IO2. The molecule has 0 amide bonds. The zero-order valence-electron chi connectivity index (χ0n) is 7.33. The Bertz CT molecular complexity index is 159. The Morgan fingerprint density at radius 3 is 2.67 bits per heavy atom. The Balaban J connectivity index is 1.76. The third kappa shape index (κ3) is 2.12. The molecule has 0 radical (unpaired) electrons. The van der Waals surface area contributed by atoms with E-state index in [1.54, 1.807) is 0 Å². The lowest BCUT2D eigenvalue weighted by Crippen LogP contribution is -2.27. The van der Waals surface area contributed by atoms with Crippen LogP contribution in [0.4, 0.5) is 0 Å². The number of alkyl halides is 1. The highest BCUT2D eigenvalue weighted by Gasteiger charge is 2.34. The first kappa shape index (κ1) is 9.21. The lowest BCUT2D eigenvalue weighted by Gasteiger charge is -2.19. The topological polar surface area (TPSA) is 18.5 Å². The molecule has 0 aromatic rings. The molecule has 2 aliphatic rings. The van der Waals surface area contributed by atoms with Gasteiger partial charge < -0.3 is 9.47 Å². The second-order valence-corrected chi connectivity index (χ2v) is 5.37. The molecule has 1 saturated heterocycles. The Morgan fingerprint density at radius 1 is 1.42 bits per heavy atom. The fraction of sp³-hybridized carbons (Fsp3) is 1.00. The summed E-state index contributed by atoms with van der Waals surface area (Å²) in [6.07, 6.45) is 3.52. The summed E-state index contributed by atoms with van der Waals surface area (Å²) in [7, 11) is 0. The van der Waals surface area contributed by atoms with E-state index in [1.807, 2.05) is 0 Å². The van der Waals surface area contributed by atoms with E-state index < -0.39 is 0 Å². The van der Waals surface area contributed by atoms with Gasteiger partial charge in [-0.2, -0.15) is 0 Å². The summed E-state index contributed by atoms with van der Waals surface area (Å²) < 4.78 is 11.8. The van der Waals surface area contributed by atoms with Gasteiger partial charge in [0.05, 0.1) is 29.3 Å². The van der Waals surface area contributed by atoms with E-state index in [1.165, 1.54) is 12.8 Å². The first-order valence-electron chi connectivity index (χ1n) is 4.64. The van der Waals surface area contributed by atoms with Crippen LogP contribution in [0.1, 0.15) is 19.8 Å². The van der Waals surface area contributed by atoms with Crippen molar-refractivity contribution in [3.8, 4) is 0 Å². The second-order valence-electron chi connectivity index (χ2n) is 3.77. The number of hydrogen-bond acceptors (Lipinski definition) is 2. The Kier molecular flexibility index (Phi) is 2.92. The summed E-state index contributed by atoms with van der Waals surface area (Å²) in [5.41, 5.74) is 0. The van der Waals surface area contributed by atoms with Crippen molar-refractivity contribution in [1.29, 1.82) is 0 Å². The van der Waals surface area contributed by atoms with Crippen molar-refractivity contribution >= 4 is 22.6 Å². The first-order chi connectivity index (χ1) is 5.77. The summed E-state index contributed by atoms with van der Waals surface area (Å²) in [4.78, 5) is 0. The average molecular weight is 282 g/mol. The van der Waals surface area contributed by atoms with Gasteiger partial charge in [0.15, 0.2) is 0 Å². The Hall–Kier alpha value is 0.650. The van der Waals surface area contributed by atoms with E-state index in [0.29, 0.717) is 16.1 Å². The Labute approximate surface area is 87.1 Å². The first-order valence-corrected chi connectivity index (χ1v) is 5.89. The minimum absolute atomic E-state index is 0.348. The third-order valence-electron chi connectivity index (χ3n) is 2.64. The van der Waals surface area contributed by atoms with Gasteiger partial charge in [0.2, 0.25) is 0 Å². The molecule has 3 unspecified atom stereocenters. The molecule has 1 aliphatic carbocycles. The molecule has 2 nitrogen and oxygen atoms in total. The second kappa shape index (κ2) is 3.80. The standard InChI is InChI=1S/C9H15IO2/c1-6(7-2-3-7)12-9-5-11-4-8(9)10/h6-9H,2-5H2,1H3. The van der Waals surface area contributed by atoms with Crippen LogP contribution in [-0.4, -0.2) is 29.3 Å². The number of hydrogen-bond donors (Lipinski definition) is 0. The summed E-state index contributed by atoms with van der Waals surface area (Å²) in [6.45, 7) is 3.85. The molecule has 0 N–H and O–H groups in total. The SMILES string of the molecule is CC(OC1COCC1I)C1CC1. The average Bonchev–Trinajstić information content (AvgIpc) is 2.80. The van der Waals surface area contributed by atoms with Crippen LogP contribution in [0.5, 0.6) is 0 Å². The van der Waals surface area contributed by atoms with Gasteiger partial charge in [-0.05, 0) is 25.7 Å². The van der Waals surface area contributed by atoms with Crippen molar-refractivity contribution in [1.82, 2.24) is 0 Å². The zero-order valence-corrected chi connectivity index (χ0v) is 9.49. The molecular weight excluding hydrogens is 267 g/mol. The Morgan fingerprint density at radius 2 is 2.17 bits per heavy atom. The van der Waals surface area contributed by atoms with Crippen LogP contribution in [0.3, 0.4) is 0 Å². The molecule has 1 saturated carbocycles. The monoisotopic (exact) mass is 282 g/mol. The highest BCUT2D eigenvalue weighted by molar-refractivity contribution is 14.1. The molecule has 0 bridgehead atoms. The highest BCUT2D eigenvalue weighted by atomic mass is 127. The molecule has 2 rings (SSSR count). The predicted molar refractivity (Wildman–Crippen MR) is 55.7 cm³/mol. The minimum Gasteiger partial charge on any atom is -0.378 e. The van der Waals surface area contributed by atoms with E-state index in [4.69, 9.17) is 9.47 Å². The van der Waals surface area contributed by atoms with Gasteiger partial charge in [0.1, 0.15) is 0 Å². The van der Waals surface area contributed by atoms with Gasteiger partial charge in [0, 0.05) is 0 Å². The predicted octanol–water partition coefficient (Wildman–Crippen LogP) is 2.00. The van der Waals surface area contributed by atoms with Crippen molar-refractivity contribution in [3.63, 3.8) is 0 Å². The molecule has 12 heavy (non-hydrogen) atoms. The molecule has 0 aromatic heterocycles. The zero-order chi connectivity index (χ0) is 8.55. The largest absolute Gasteiger partial charge is 0.378 e. The summed E-state index contributed by atoms with van der Waals surface area (Å²) in [5.74, 6) is 0.842. The maximum Gasteiger partial charge on any atom is 0.0951 e. The van der Waals surface area contributed by atoms with E-state index in [2.05, 4.69) is 29.5 Å². The molecule has 3 heteroatoms. The van der Waals surface area contributed by atoms with Crippen molar-refractivity contribution in [2.75, 3.05) is 13.2 Å². The molecule has 70 valence electrons. The summed E-state index contributed by atoms with van der Waals surface area (Å²) >= 11 is 2.42. The number of rotatable bonds is 3. The molecule has 2 fully saturated rings. The normalized spacial score (nSPS) is 38.5. The van der Waals surface area contributed by atoms with Crippen LogP contribution < -0.4 is 0 Å². The smallest absolute Gasteiger partial charge is 0.0951 e. The van der Waals surface area contributed by atoms with Crippen LogP contribution in [0.25, 0.3) is 0 Å². The fourth-order valence-corrected chi connectivity index (χ4v) is 2.22. The van der Waals surface area contributed by atoms with Gasteiger partial charge in [-0.15, -0.1) is 0 Å². The lowest BCUT2D eigenvalue weighted by molar-refractivity contribution is -0.0138. The van der Waals surface area contributed by atoms with Crippen molar-refractivity contribution < 1.29 is 9.47 Å². The highest BCUT2D eigenvalue weighted by Crippen LogP contribution is 2.35. The maximum atomic E-state index is 5.91. The number of halogens is 1. The van der Waals surface area contributed by atoms with Crippen molar-refractivity contribution in [2.45, 2.75) is 35.9 Å². The molecule has 3 atom stereocenters. The van der Waals surface area contributed by atoms with Gasteiger partial charge in [-0.1, -0.05) is 22.6 Å². The van der Waals surface area contributed by atoms with Crippen molar-refractivity contribution in [2.24, 2.45) is 5.92 Å². The van der Waals surface area contributed by atoms with E-state index >= 15 is 0 Å². The molecule has 1 aliphatic heterocycles. The van der Waals surface area contributed by atoms with Gasteiger partial charge >= 0.3 is 0 Å². The minimum atomic E-state index is 0.348. The maximum absolute atomic E-state index is 5.91. The third-order valence-corrected chi connectivity index (χ3v) is 3.80. The molecule has 1 heterocycles. The molecule has 0 aromatic carbocycles. The van der Waals surface area contributed by atoms with Crippen LogP contribution in [0.15, 0.2) is 0 Å². The molecule has 0 spiro atoms. The van der Waals surface area contributed by atoms with Crippen molar-refractivity contribution in [3.05, 3.63) is 0 Å². The fourth-order valence-electron chi connectivity index (χ4n) is 1.59. The quantitative estimate of drug-likeness (QED) is 0.582. The van der Waals surface area contributed by atoms with Crippen LogP contribution in [-0.2, 0) is 9.47 Å². The van der Waals surface area contributed by atoms with E-state index in [0.717, 1.165) is 19.1 Å². The summed E-state index contributed by atoms with van der Waals surface area (Å²) in [6, 6.07) is 0. The van der Waals surface area contributed by atoms with Gasteiger partial charge in [-0.3, -0.25) is 0 Å². The van der Waals surface area contributed by atoms with Crippen LogP contribution in [0.2, 0.25) is 0 Å². The van der Waals surface area contributed by atoms with Crippen LogP contribution >= 0.6 is 22.6 Å². The summed E-state index contributed by atoms with van der Waals surface area (Å²) in [5, 5.41) is 0. The lowest BCUT2D eigenvalue weighted by atomic mass is 10.2. The number of ether oxygens (including phenoxy) is 2. The van der Waals surface area contributed by atoms with E-state index in [-0.39, 0.29) is 0 Å².